The van der Waals surface area contributed by atoms with Crippen molar-refractivity contribution in [3.63, 3.8) is 0 Å². The van der Waals surface area contributed by atoms with E-state index in [4.69, 9.17) is 5.73 Å². The summed E-state index contributed by atoms with van der Waals surface area (Å²) >= 11 is 0. The topological polar surface area (TPSA) is 59.1 Å². The number of aliphatic hydroxyl groups excluding tert-OH is 1. The van der Waals surface area contributed by atoms with Gasteiger partial charge < -0.3 is 10.8 Å². The Morgan fingerprint density at radius 3 is 2.71 bits per heavy atom. The van der Waals surface area contributed by atoms with E-state index in [-0.39, 0.29) is 6.04 Å². The molecule has 2 rings (SSSR count). The zero-order chi connectivity index (χ0) is 12.1. The van der Waals surface area contributed by atoms with E-state index in [1.54, 1.807) is 6.20 Å². The summed E-state index contributed by atoms with van der Waals surface area (Å²) in [7, 11) is 0. The Balaban J connectivity index is 1.88. The van der Waals surface area contributed by atoms with Crippen LogP contribution in [0, 0.1) is 5.92 Å². The maximum atomic E-state index is 10.1. The molecule has 94 valence electrons. The number of rotatable bonds is 4. The van der Waals surface area contributed by atoms with Gasteiger partial charge in [-0.15, -0.1) is 0 Å². The van der Waals surface area contributed by atoms with Crippen molar-refractivity contribution >= 4 is 0 Å². The van der Waals surface area contributed by atoms with Gasteiger partial charge in [-0.3, -0.25) is 4.98 Å². The van der Waals surface area contributed by atoms with Crippen LogP contribution >= 0.6 is 0 Å². The van der Waals surface area contributed by atoms with Crippen LogP contribution in [-0.2, 0) is 0 Å². The summed E-state index contributed by atoms with van der Waals surface area (Å²) in [5.74, 6) is 0.692. The molecular weight excluding hydrogens is 212 g/mol. The number of nitrogens with zero attached hydrogens (tertiary/aromatic N) is 1. The standard InChI is InChI=1S/C14H22N2O/c15-12(10-11-6-2-1-3-7-11)14(17)13-8-4-5-9-16-13/h4-5,8-9,11-12,14,17H,1-3,6-7,10,15H2/t12?,14-/m0/s1. The second-order valence-electron chi connectivity index (χ2n) is 5.10. The number of nitrogens with two attached hydrogens (primary N) is 1. The van der Waals surface area contributed by atoms with Gasteiger partial charge in [-0.1, -0.05) is 38.2 Å². The van der Waals surface area contributed by atoms with Crippen LogP contribution in [0.4, 0.5) is 0 Å². The SMILES string of the molecule is NC(CC1CCCCC1)[C@H](O)c1ccccn1. The van der Waals surface area contributed by atoms with Gasteiger partial charge in [-0.2, -0.15) is 0 Å². The normalized spacial score (nSPS) is 21.1. The predicted octanol–water partition coefficient (Wildman–Crippen LogP) is 2.41. The smallest absolute Gasteiger partial charge is 0.111 e. The van der Waals surface area contributed by atoms with Gasteiger partial charge in [0.2, 0.25) is 0 Å². The van der Waals surface area contributed by atoms with E-state index in [1.807, 2.05) is 18.2 Å². The number of aliphatic hydroxyl groups is 1. The Bertz CT molecular complexity index is 322. The number of pyridine rings is 1. The Labute approximate surface area is 103 Å². The number of hydrogen-bond acceptors (Lipinski definition) is 3. The maximum Gasteiger partial charge on any atom is 0.111 e. The van der Waals surface area contributed by atoms with Crippen LogP contribution in [0.15, 0.2) is 24.4 Å². The van der Waals surface area contributed by atoms with Crippen LogP contribution in [0.5, 0.6) is 0 Å². The van der Waals surface area contributed by atoms with E-state index in [9.17, 15) is 5.11 Å². The summed E-state index contributed by atoms with van der Waals surface area (Å²) in [4.78, 5) is 4.16. The molecule has 0 amide bonds. The number of hydrogen-bond donors (Lipinski definition) is 2. The maximum absolute atomic E-state index is 10.1. The van der Waals surface area contributed by atoms with E-state index in [0.717, 1.165) is 6.42 Å². The molecule has 1 saturated carbocycles. The third-order valence-corrected chi connectivity index (χ3v) is 3.73. The van der Waals surface area contributed by atoms with Crippen molar-refractivity contribution in [2.24, 2.45) is 11.7 Å². The first-order chi connectivity index (χ1) is 8.27. The molecule has 0 saturated heterocycles. The second-order valence-corrected chi connectivity index (χ2v) is 5.10. The fourth-order valence-electron chi connectivity index (χ4n) is 2.71. The average molecular weight is 234 g/mol. The van der Waals surface area contributed by atoms with E-state index in [2.05, 4.69) is 4.98 Å². The van der Waals surface area contributed by atoms with Gasteiger partial charge in [0.25, 0.3) is 0 Å². The zero-order valence-corrected chi connectivity index (χ0v) is 10.3. The fourth-order valence-corrected chi connectivity index (χ4v) is 2.71. The van der Waals surface area contributed by atoms with Crippen LogP contribution in [0.2, 0.25) is 0 Å². The Kier molecular flexibility index (Phi) is 4.51. The molecule has 2 atom stereocenters. The Morgan fingerprint density at radius 2 is 2.06 bits per heavy atom. The van der Waals surface area contributed by atoms with Crippen molar-refractivity contribution < 1.29 is 5.11 Å². The van der Waals surface area contributed by atoms with Crippen molar-refractivity contribution in [3.8, 4) is 0 Å². The molecule has 17 heavy (non-hydrogen) atoms. The summed E-state index contributed by atoms with van der Waals surface area (Å²) in [5.41, 5.74) is 6.78. The van der Waals surface area contributed by atoms with Gasteiger partial charge in [0.15, 0.2) is 0 Å². The first-order valence-corrected chi connectivity index (χ1v) is 6.62. The monoisotopic (exact) mass is 234 g/mol. The molecular formula is C14H22N2O. The molecule has 0 aromatic carbocycles. The summed E-state index contributed by atoms with van der Waals surface area (Å²) in [6, 6.07) is 5.39. The highest BCUT2D eigenvalue weighted by molar-refractivity contribution is 5.08. The Morgan fingerprint density at radius 1 is 1.29 bits per heavy atom. The van der Waals surface area contributed by atoms with Crippen molar-refractivity contribution in [2.45, 2.75) is 50.7 Å². The minimum Gasteiger partial charge on any atom is -0.385 e. The minimum atomic E-state index is -0.627. The van der Waals surface area contributed by atoms with Gasteiger partial charge in [0.1, 0.15) is 6.10 Å². The summed E-state index contributed by atoms with van der Waals surface area (Å²) < 4.78 is 0. The summed E-state index contributed by atoms with van der Waals surface area (Å²) in [6.45, 7) is 0. The largest absolute Gasteiger partial charge is 0.385 e. The molecule has 3 heteroatoms. The highest BCUT2D eigenvalue weighted by Gasteiger charge is 2.23. The zero-order valence-electron chi connectivity index (χ0n) is 10.3. The first kappa shape index (κ1) is 12.5. The molecule has 3 nitrogen and oxygen atoms in total. The molecule has 1 fully saturated rings. The molecule has 0 radical (unpaired) electrons. The van der Waals surface area contributed by atoms with Gasteiger partial charge in [0.05, 0.1) is 5.69 Å². The van der Waals surface area contributed by atoms with E-state index >= 15 is 0 Å². The Hall–Kier alpha value is -0.930. The average Bonchev–Trinajstić information content (AvgIpc) is 2.40. The lowest BCUT2D eigenvalue weighted by Crippen LogP contribution is -2.31. The molecule has 1 aliphatic rings. The lowest BCUT2D eigenvalue weighted by atomic mass is 9.83. The molecule has 0 spiro atoms. The third-order valence-electron chi connectivity index (χ3n) is 3.73. The molecule has 1 aromatic rings. The van der Waals surface area contributed by atoms with Gasteiger partial charge >= 0.3 is 0 Å². The van der Waals surface area contributed by atoms with Crippen LogP contribution in [0.3, 0.4) is 0 Å². The van der Waals surface area contributed by atoms with E-state index in [1.165, 1.54) is 32.1 Å². The predicted molar refractivity (Wildman–Crippen MR) is 68.4 cm³/mol. The lowest BCUT2D eigenvalue weighted by Gasteiger charge is -2.26. The number of aromatic nitrogens is 1. The van der Waals surface area contributed by atoms with Crippen molar-refractivity contribution in [3.05, 3.63) is 30.1 Å². The molecule has 1 aromatic heterocycles. The third kappa shape index (κ3) is 3.51. The summed E-state index contributed by atoms with van der Waals surface area (Å²) in [5, 5.41) is 10.1. The first-order valence-electron chi connectivity index (χ1n) is 6.62. The second kappa shape index (κ2) is 6.12. The lowest BCUT2D eigenvalue weighted by molar-refractivity contribution is 0.124. The minimum absolute atomic E-state index is 0.187. The van der Waals surface area contributed by atoms with Crippen LogP contribution in [0.1, 0.15) is 50.3 Å². The van der Waals surface area contributed by atoms with E-state index < -0.39 is 6.10 Å². The van der Waals surface area contributed by atoms with E-state index in [0.29, 0.717) is 11.6 Å². The van der Waals surface area contributed by atoms with Gasteiger partial charge in [0, 0.05) is 12.2 Å². The summed E-state index contributed by atoms with van der Waals surface area (Å²) in [6.07, 6.45) is 8.51. The quantitative estimate of drug-likeness (QED) is 0.841. The highest BCUT2D eigenvalue weighted by atomic mass is 16.3. The van der Waals surface area contributed by atoms with Gasteiger partial charge in [-0.25, -0.2) is 0 Å². The fraction of sp³-hybridized carbons (Fsp3) is 0.643. The van der Waals surface area contributed by atoms with Crippen LogP contribution in [0.25, 0.3) is 0 Å². The van der Waals surface area contributed by atoms with Crippen LogP contribution < -0.4 is 5.73 Å². The molecule has 1 aliphatic carbocycles. The molecule has 1 heterocycles. The van der Waals surface area contributed by atoms with Crippen molar-refractivity contribution in [1.82, 2.24) is 4.98 Å². The molecule has 0 aliphatic heterocycles. The molecule has 3 N–H and O–H groups in total. The highest BCUT2D eigenvalue weighted by Crippen LogP contribution is 2.29. The van der Waals surface area contributed by atoms with Crippen molar-refractivity contribution in [2.75, 3.05) is 0 Å². The van der Waals surface area contributed by atoms with Crippen LogP contribution in [-0.4, -0.2) is 16.1 Å². The molecule has 1 unspecified atom stereocenters. The molecule has 0 bridgehead atoms. The van der Waals surface area contributed by atoms with Crippen molar-refractivity contribution in [1.29, 1.82) is 0 Å². The van der Waals surface area contributed by atoms with Gasteiger partial charge in [-0.05, 0) is 24.5 Å².